The molecule has 0 aromatic heterocycles. The zero-order valence-corrected chi connectivity index (χ0v) is 11.9. The second-order valence-electron chi connectivity index (χ2n) is 5.28. The number of carboxylic acid groups (broad SMARTS) is 1. The lowest BCUT2D eigenvalue weighted by atomic mass is 10.1. The molecule has 1 aliphatic rings. The first-order valence-corrected chi connectivity index (χ1v) is 6.86. The molecule has 1 heterocycles. The lowest BCUT2D eigenvalue weighted by molar-refractivity contribution is 0.0697. The largest absolute Gasteiger partial charge is 0.497 e. The molecule has 0 amide bonds. The van der Waals surface area contributed by atoms with Crippen LogP contribution in [0.25, 0.3) is 0 Å². The molecule has 0 bridgehead atoms. The van der Waals surface area contributed by atoms with Gasteiger partial charge >= 0.3 is 5.97 Å². The van der Waals surface area contributed by atoms with Crippen molar-refractivity contribution in [3.8, 4) is 5.75 Å². The minimum atomic E-state index is -0.887. The summed E-state index contributed by atoms with van der Waals surface area (Å²) in [6.45, 7) is 2.63. The Bertz CT molecular complexity index is 664. The SMILES string of the molecule is COc1ccc2c(c1)CN(Cc1ccc(C(=O)O)cc1)C2. The highest BCUT2D eigenvalue weighted by molar-refractivity contribution is 5.87. The summed E-state index contributed by atoms with van der Waals surface area (Å²) in [6, 6.07) is 13.3. The molecule has 0 spiro atoms. The van der Waals surface area contributed by atoms with Crippen molar-refractivity contribution in [2.75, 3.05) is 7.11 Å². The standard InChI is InChI=1S/C17H17NO3/c1-21-16-7-6-14-10-18(11-15(14)8-16)9-12-2-4-13(5-3-12)17(19)20/h2-8H,9-11H2,1H3,(H,19,20). The van der Waals surface area contributed by atoms with Gasteiger partial charge in [0.1, 0.15) is 5.75 Å². The van der Waals surface area contributed by atoms with Gasteiger partial charge < -0.3 is 9.84 Å². The number of nitrogens with zero attached hydrogens (tertiary/aromatic N) is 1. The van der Waals surface area contributed by atoms with Crippen molar-refractivity contribution in [3.05, 3.63) is 64.7 Å². The van der Waals surface area contributed by atoms with Crippen LogP contribution in [0.1, 0.15) is 27.0 Å². The van der Waals surface area contributed by atoms with Crippen LogP contribution >= 0.6 is 0 Å². The zero-order chi connectivity index (χ0) is 14.8. The van der Waals surface area contributed by atoms with Crippen LogP contribution in [-0.2, 0) is 19.6 Å². The van der Waals surface area contributed by atoms with Gasteiger partial charge in [0.25, 0.3) is 0 Å². The summed E-state index contributed by atoms with van der Waals surface area (Å²) in [4.78, 5) is 13.2. The fraction of sp³-hybridized carbons (Fsp3) is 0.235. The monoisotopic (exact) mass is 283 g/mol. The zero-order valence-electron chi connectivity index (χ0n) is 11.9. The number of fused-ring (bicyclic) bond motifs is 1. The van der Waals surface area contributed by atoms with Crippen LogP contribution in [0.4, 0.5) is 0 Å². The van der Waals surface area contributed by atoms with Gasteiger partial charge in [-0.25, -0.2) is 4.79 Å². The molecule has 108 valence electrons. The van der Waals surface area contributed by atoms with Gasteiger partial charge in [0, 0.05) is 19.6 Å². The first-order valence-electron chi connectivity index (χ1n) is 6.86. The molecule has 0 fully saturated rings. The third-order valence-electron chi connectivity index (χ3n) is 3.81. The van der Waals surface area contributed by atoms with Gasteiger partial charge in [0.2, 0.25) is 0 Å². The van der Waals surface area contributed by atoms with Gasteiger partial charge in [-0.3, -0.25) is 4.90 Å². The summed E-state index contributed by atoms with van der Waals surface area (Å²) < 4.78 is 5.25. The number of aromatic carboxylic acids is 1. The average Bonchev–Trinajstić information content (AvgIpc) is 2.88. The molecule has 4 nitrogen and oxygen atoms in total. The highest BCUT2D eigenvalue weighted by Crippen LogP contribution is 2.27. The minimum absolute atomic E-state index is 0.327. The topological polar surface area (TPSA) is 49.8 Å². The van der Waals surface area contributed by atoms with E-state index in [4.69, 9.17) is 9.84 Å². The summed E-state index contributed by atoms with van der Waals surface area (Å²) in [5.41, 5.74) is 4.09. The van der Waals surface area contributed by atoms with E-state index in [2.05, 4.69) is 17.0 Å². The fourth-order valence-corrected chi connectivity index (χ4v) is 2.69. The molecule has 0 radical (unpaired) electrons. The summed E-state index contributed by atoms with van der Waals surface area (Å²) >= 11 is 0. The van der Waals surface area contributed by atoms with Crippen molar-refractivity contribution in [1.82, 2.24) is 4.90 Å². The second-order valence-corrected chi connectivity index (χ2v) is 5.28. The Labute approximate surface area is 123 Å². The van der Waals surface area contributed by atoms with E-state index < -0.39 is 5.97 Å². The molecule has 2 aromatic rings. The van der Waals surface area contributed by atoms with E-state index in [1.54, 1.807) is 19.2 Å². The van der Waals surface area contributed by atoms with Crippen molar-refractivity contribution in [1.29, 1.82) is 0 Å². The molecule has 21 heavy (non-hydrogen) atoms. The molecule has 4 heteroatoms. The summed E-state index contributed by atoms with van der Waals surface area (Å²) in [6.07, 6.45) is 0. The van der Waals surface area contributed by atoms with Crippen molar-refractivity contribution < 1.29 is 14.6 Å². The molecular weight excluding hydrogens is 266 g/mol. The third-order valence-corrected chi connectivity index (χ3v) is 3.81. The Morgan fingerprint density at radius 1 is 1.14 bits per heavy atom. The fourth-order valence-electron chi connectivity index (χ4n) is 2.69. The van der Waals surface area contributed by atoms with Gasteiger partial charge in [0.15, 0.2) is 0 Å². The first kappa shape index (κ1) is 13.6. The van der Waals surface area contributed by atoms with E-state index in [0.29, 0.717) is 5.56 Å². The van der Waals surface area contributed by atoms with Crippen LogP contribution in [0.15, 0.2) is 42.5 Å². The molecule has 1 N–H and O–H groups in total. The molecular formula is C17H17NO3. The third kappa shape index (κ3) is 2.90. The molecule has 2 aromatic carbocycles. The van der Waals surface area contributed by atoms with Crippen LogP contribution in [0.3, 0.4) is 0 Å². The van der Waals surface area contributed by atoms with Crippen LogP contribution < -0.4 is 4.74 Å². The van der Waals surface area contributed by atoms with Crippen molar-refractivity contribution >= 4 is 5.97 Å². The minimum Gasteiger partial charge on any atom is -0.497 e. The average molecular weight is 283 g/mol. The van der Waals surface area contributed by atoms with Crippen molar-refractivity contribution in [2.45, 2.75) is 19.6 Å². The van der Waals surface area contributed by atoms with Crippen LogP contribution in [0.2, 0.25) is 0 Å². The van der Waals surface area contributed by atoms with Crippen LogP contribution in [0, 0.1) is 0 Å². The number of carbonyl (C=O) groups is 1. The number of benzene rings is 2. The molecule has 0 atom stereocenters. The van der Waals surface area contributed by atoms with Crippen molar-refractivity contribution in [3.63, 3.8) is 0 Å². The Hall–Kier alpha value is -2.33. The predicted molar refractivity (Wildman–Crippen MR) is 79.3 cm³/mol. The van der Waals surface area contributed by atoms with E-state index in [1.165, 1.54) is 11.1 Å². The molecule has 0 unspecified atom stereocenters. The quantitative estimate of drug-likeness (QED) is 0.937. The maximum atomic E-state index is 10.8. The normalized spacial score (nSPS) is 14.0. The molecule has 0 saturated carbocycles. The van der Waals surface area contributed by atoms with E-state index in [9.17, 15) is 4.79 Å². The molecule has 3 rings (SSSR count). The molecule has 1 aliphatic heterocycles. The molecule has 0 saturated heterocycles. The Balaban J connectivity index is 1.69. The van der Waals surface area contributed by atoms with Gasteiger partial charge in [-0.1, -0.05) is 18.2 Å². The maximum absolute atomic E-state index is 10.8. The first-order chi connectivity index (χ1) is 10.2. The van der Waals surface area contributed by atoms with E-state index in [1.807, 2.05) is 18.2 Å². The number of ether oxygens (including phenoxy) is 1. The van der Waals surface area contributed by atoms with Gasteiger partial charge in [-0.15, -0.1) is 0 Å². The van der Waals surface area contributed by atoms with E-state index in [-0.39, 0.29) is 0 Å². The van der Waals surface area contributed by atoms with E-state index >= 15 is 0 Å². The Morgan fingerprint density at radius 2 is 1.86 bits per heavy atom. The van der Waals surface area contributed by atoms with Gasteiger partial charge in [-0.05, 0) is 41.0 Å². The highest BCUT2D eigenvalue weighted by Gasteiger charge is 2.19. The highest BCUT2D eigenvalue weighted by atomic mass is 16.5. The lowest BCUT2D eigenvalue weighted by Crippen LogP contribution is -2.15. The van der Waals surface area contributed by atoms with E-state index in [0.717, 1.165) is 30.9 Å². The van der Waals surface area contributed by atoms with Crippen LogP contribution in [0.5, 0.6) is 5.75 Å². The number of hydrogen-bond donors (Lipinski definition) is 1. The Morgan fingerprint density at radius 3 is 2.52 bits per heavy atom. The number of hydrogen-bond acceptors (Lipinski definition) is 3. The Kier molecular flexibility index (Phi) is 3.62. The smallest absolute Gasteiger partial charge is 0.335 e. The van der Waals surface area contributed by atoms with Crippen LogP contribution in [-0.4, -0.2) is 23.1 Å². The maximum Gasteiger partial charge on any atom is 0.335 e. The predicted octanol–water partition coefficient (Wildman–Crippen LogP) is 2.91. The number of rotatable bonds is 4. The summed E-state index contributed by atoms with van der Waals surface area (Å²) in [5.74, 6) is 0.00336. The lowest BCUT2D eigenvalue weighted by Gasteiger charge is -2.14. The second kappa shape index (κ2) is 5.58. The summed E-state index contributed by atoms with van der Waals surface area (Å²) in [5, 5.41) is 8.91. The van der Waals surface area contributed by atoms with Gasteiger partial charge in [-0.2, -0.15) is 0 Å². The van der Waals surface area contributed by atoms with Crippen molar-refractivity contribution in [2.24, 2.45) is 0 Å². The van der Waals surface area contributed by atoms with Gasteiger partial charge in [0.05, 0.1) is 12.7 Å². The summed E-state index contributed by atoms with van der Waals surface area (Å²) in [7, 11) is 1.68. The number of carboxylic acids is 1. The molecule has 0 aliphatic carbocycles. The number of methoxy groups -OCH3 is 1.